The Morgan fingerprint density at radius 2 is 1.39 bits per heavy atom. The van der Waals surface area contributed by atoms with Crippen molar-refractivity contribution < 1.29 is 15.0 Å². The highest BCUT2D eigenvalue weighted by atomic mass is 16.5. The van der Waals surface area contributed by atoms with Gasteiger partial charge in [0, 0.05) is 5.57 Å². The van der Waals surface area contributed by atoms with Crippen LogP contribution in [0, 0.1) is 0 Å². The summed E-state index contributed by atoms with van der Waals surface area (Å²) in [5.41, 5.74) is 0.487. The summed E-state index contributed by atoms with van der Waals surface area (Å²) in [4.78, 5) is 11.1. The highest BCUT2D eigenvalue weighted by molar-refractivity contribution is 5.86. The molecule has 18 heavy (non-hydrogen) atoms. The topological polar surface area (TPSA) is 57.8 Å². The Bertz CT molecular complexity index is 212. The summed E-state index contributed by atoms with van der Waals surface area (Å²) in [6, 6.07) is 0. The van der Waals surface area contributed by atoms with E-state index in [1.165, 1.54) is 44.9 Å². The molecule has 0 aromatic carbocycles. The van der Waals surface area contributed by atoms with Gasteiger partial charge in [0.05, 0.1) is 6.61 Å². The lowest BCUT2D eigenvalue weighted by atomic mass is 10.1. The van der Waals surface area contributed by atoms with E-state index in [9.17, 15) is 4.79 Å². The zero-order valence-electron chi connectivity index (χ0n) is 12.1. The van der Waals surface area contributed by atoms with E-state index in [0.29, 0.717) is 12.2 Å². The second-order valence-corrected chi connectivity index (χ2v) is 4.74. The predicted molar refractivity (Wildman–Crippen MR) is 76.6 cm³/mol. The summed E-state index contributed by atoms with van der Waals surface area (Å²) in [6.07, 6.45) is 11.5. The summed E-state index contributed by atoms with van der Waals surface area (Å²) in [5.74, 6) is -0.260. The summed E-state index contributed by atoms with van der Waals surface area (Å²) in [7, 11) is 0. The van der Waals surface area contributed by atoms with Crippen molar-refractivity contribution >= 4 is 5.97 Å². The summed E-state index contributed by atoms with van der Waals surface area (Å²) in [6.45, 7) is 8.01. The molecule has 0 aliphatic rings. The van der Waals surface area contributed by atoms with E-state index in [2.05, 4.69) is 13.5 Å². The lowest BCUT2D eigenvalue weighted by molar-refractivity contribution is -0.139. The van der Waals surface area contributed by atoms with Gasteiger partial charge in [-0.3, -0.25) is 0 Å². The van der Waals surface area contributed by atoms with Crippen molar-refractivity contribution in [3.05, 3.63) is 12.2 Å². The maximum Gasteiger partial charge on any atom is 0.333 e. The quantitative estimate of drug-likeness (QED) is 0.321. The number of hydrogen-bond donors (Lipinski definition) is 0. The number of unbranched alkanes of at least 4 members (excludes halogenated alkanes) is 8. The largest absolute Gasteiger partial charge is 0.462 e. The molecule has 0 amide bonds. The number of carbonyl (C=O) groups excluding carboxylic acids is 1. The average Bonchev–Trinajstić information content (AvgIpc) is 2.31. The molecular weight excluding hydrogens is 228 g/mol. The lowest BCUT2D eigenvalue weighted by Gasteiger charge is -2.04. The lowest BCUT2D eigenvalue weighted by Crippen LogP contribution is -2.05. The molecule has 0 spiro atoms. The first kappa shape index (κ1) is 19.5. The van der Waals surface area contributed by atoms with Crippen LogP contribution in [0.2, 0.25) is 0 Å². The fourth-order valence-corrected chi connectivity index (χ4v) is 1.70. The summed E-state index contributed by atoms with van der Waals surface area (Å²) < 4.78 is 5.02. The highest BCUT2D eigenvalue weighted by Gasteiger charge is 2.01. The van der Waals surface area contributed by atoms with E-state index >= 15 is 0 Å². The molecule has 0 aromatic heterocycles. The first-order valence-electron chi connectivity index (χ1n) is 7.01. The van der Waals surface area contributed by atoms with Crippen LogP contribution in [0.4, 0.5) is 0 Å². The molecule has 3 nitrogen and oxygen atoms in total. The molecule has 0 fully saturated rings. The van der Waals surface area contributed by atoms with Gasteiger partial charge in [-0.05, 0) is 13.3 Å². The standard InChI is InChI=1S/C15H28O2.H2O/c1-4-5-6-7-8-9-10-11-12-13-17-15(16)14(2)3;/h2,4-13H2,1,3H3;1H2. The molecule has 0 aliphatic carbocycles. The number of esters is 1. The molecular formula is C15H30O3. The maximum atomic E-state index is 11.1. The van der Waals surface area contributed by atoms with Gasteiger partial charge >= 0.3 is 5.97 Å². The minimum atomic E-state index is -0.260. The fourth-order valence-electron chi connectivity index (χ4n) is 1.70. The molecule has 108 valence electrons. The molecule has 0 aliphatic heterocycles. The minimum absolute atomic E-state index is 0. The summed E-state index contributed by atoms with van der Waals surface area (Å²) >= 11 is 0. The Hall–Kier alpha value is -0.830. The Morgan fingerprint density at radius 3 is 1.83 bits per heavy atom. The van der Waals surface area contributed by atoms with Crippen LogP contribution in [0.15, 0.2) is 12.2 Å². The van der Waals surface area contributed by atoms with Gasteiger partial charge in [0.1, 0.15) is 0 Å². The van der Waals surface area contributed by atoms with E-state index in [-0.39, 0.29) is 11.4 Å². The van der Waals surface area contributed by atoms with Gasteiger partial charge in [-0.25, -0.2) is 4.79 Å². The SMILES string of the molecule is C=C(C)C(=O)OCCCCCCCCCCC.O. The molecule has 0 aromatic rings. The molecule has 0 atom stereocenters. The predicted octanol–water partition coefficient (Wildman–Crippen LogP) is 3.81. The van der Waals surface area contributed by atoms with Gasteiger partial charge in [-0.15, -0.1) is 0 Å². The number of ether oxygens (including phenoxy) is 1. The fraction of sp³-hybridized carbons (Fsp3) is 0.800. The Morgan fingerprint density at radius 1 is 0.944 bits per heavy atom. The van der Waals surface area contributed by atoms with Crippen LogP contribution in [-0.2, 0) is 9.53 Å². The van der Waals surface area contributed by atoms with Crippen LogP contribution in [0.1, 0.15) is 71.6 Å². The molecule has 3 heteroatoms. The van der Waals surface area contributed by atoms with Crippen molar-refractivity contribution in [2.24, 2.45) is 0 Å². The second kappa shape index (κ2) is 14.2. The van der Waals surface area contributed by atoms with Crippen LogP contribution >= 0.6 is 0 Å². The van der Waals surface area contributed by atoms with E-state index in [1.54, 1.807) is 6.92 Å². The average molecular weight is 258 g/mol. The maximum absolute atomic E-state index is 11.1. The molecule has 0 heterocycles. The van der Waals surface area contributed by atoms with E-state index in [0.717, 1.165) is 12.8 Å². The van der Waals surface area contributed by atoms with Crippen LogP contribution in [0.25, 0.3) is 0 Å². The Kier molecular flexibility index (Phi) is 15.4. The first-order valence-corrected chi connectivity index (χ1v) is 7.01. The Balaban J connectivity index is 0. The smallest absolute Gasteiger partial charge is 0.333 e. The van der Waals surface area contributed by atoms with Crippen LogP contribution < -0.4 is 0 Å². The van der Waals surface area contributed by atoms with Crippen LogP contribution in [0.5, 0.6) is 0 Å². The van der Waals surface area contributed by atoms with E-state index < -0.39 is 0 Å². The second-order valence-electron chi connectivity index (χ2n) is 4.74. The van der Waals surface area contributed by atoms with Gasteiger partial charge in [-0.2, -0.15) is 0 Å². The molecule has 0 bridgehead atoms. The third-order valence-electron chi connectivity index (χ3n) is 2.83. The molecule has 2 N–H and O–H groups in total. The third kappa shape index (κ3) is 13.2. The van der Waals surface area contributed by atoms with Gasteiger partial charge in [0.2, 0.25) is 0 Å². The Labute approximate surface area is 112 Å². The number of hydrogen-bond acceptors (Lipinski definition) is 2. The van der Waals surface area contributed by atoms with Crippen molar-refractivity contribution in [2.75, 3.05) is 6.61 Å². The van der Waals surface area contributed by atoms with Gasteiger partial charge in [0.25, 0.3) is 0 Å². The van der Waals surface area contributed by atoms with Crippen LogP contribution in [-0.4, -0.2) is 18.1 Å². The summed E-state index contributed by atoms with van der Waals surface area (Å²) in [5, 5.41) is 0. The zero-order valence-corrected chi connectivity index (χ0v) is 12.1. The monoisotopic (exact) mass is 258 g/mol. The molecule has 0 rings (SSSR count). The molecule has 0 saturated heterocycles. The first-order chi connectivity index (χ1) is 8.18. The van der Waals surface area contributed by atoms with Crippen molar-refractivity contribution in [2.45, 2.75) is 71.6 Å². The third-order valence-corrected chi connectivity index (χ3v) is 2.83. The van der Waals surface area contributed by atoms with Gasteiger partial charge in [-0.1, -0.05) is 64.9 Å². The molecule has 0 saturated carbocycles. The molecule has 0 radical (unpaired) electrons. The van der Waals surface area contributed by atoms with Crippen molar-refractivity contribution in [1.29, 1.82) is 0 Å². The van der Waals surface area contributed by atoms with E-state index in [4.69, 9.17) is 4.74 Å². The van der Waals surface area contributed by atoms with Crippen molar-refractivity contribution in [1.82, 2.24) is 0 Å². The van der Waals surface area contributed by atoms with Crippen molar-refractivity contribution in [3.63, 3.8) is 0 Å². The van der Waals surface area contributed by atoms with Gasteiger partial charge < -0.3 is 10.2 Å². The molecule has 0 unspecified atom stereocenters. The number of rotatable bonds is 11. The van der Waals surface area contributed by atoms with E-state index in [1.807, 2.05) is 0 Å². The highest BCUT2D eigenvalue weighted by Crippen LogP contribution is 2.09. The zero-order chi connectivity index (χ0) is 12.9. The van der Waals surface area contributed by atoms with Crippen molar-refractivity contribution in [3.8, 4) is 0 Å². The van der Waals surface area contributed by atoms with Gasteiger partial charge in [0.15, 0.2) is 0 Å². The van der Waals surface area contributed by atoms with Crippen LogP contribution in [0.3, 0.4) is 0 Å². The number of carbonyl (C=O) groups is 1. The normalized spacial score (nSPS) is 9.67. The minimum Gasteiger partial charge on any atom is -0.462 e.